The monoisotopic (exact) mass is 244 g/mol. The fraction of sp³-hybridized carbons (Fsp3) is 0.0833. The first kappa shape index (κ1) is 11.8. The lowest BCUT2D eigenvalue weighted by Gasteiger charge is -2.08. The van der Waals surface area contributed by atoms with Crippen LogP contribution in [0.25, 0.3) is 0 Å². The van der Waals surface area contributed by atoms with Crippen LogP contribution in [-0.4, -0.2) is 23.0 Å². The molecule has 0 spiro atoms. The number of rotatable bonds is 3. The zero-order valence-electron chi connectivity index (χ0n) is 9.75. The molecule has 0 unspecified atom stereocenters. The largest absolute Gasteiger partial charge is 0.496 e. The Balaban J connectivity index is 2.24. The smallest absolute Gasteiger partial charge is 0.262 e. The van der Waals surface area contributed by atoms with Gasteiger partial charge < -0.3 is 15.8 Å². The highest BCUT2D eigenvalue weighted by atomic mass is 16.5. The number of ether oxygens (including phenoxy) is 1. The van der Waals surface area contributed by atoms with Gasteiger partial charge in [0.2, 0.25) is 0 Å². The van der Waals surface area contributed by atoms with Gasteiger partial charge in [0.15, 0.2) is 0 Å². The van der Waals surface area contributed by atoms with Crippen molar-refractivity contribution >= 4 is 17.5 Å². The highest BCUT2D eigenvalue weighted by Gasteiger charge is 2.13. The van der Waals surface area contributed by atoms with E-state index >= 15 is 0 Å². The molecule has 6 nitrogen and oxygen atoms in total. The molecule has 0 aliphatic heterocycles. The van der Waals surface area contributed by atoms with Crippen molar-refractivity contribution in [2.75, 3.05) is 18.2 Å². The second-order valence-corrected chi connectivity index (χ2v) is 3.48. The Morgan fingerprint density at radius 2 is 2.22 bits per heavy atom. The number of hydrogen-bond acceptors (Lipinski definition) is 5. The van der Waals surface area contributed by atoms with Gasteiger partial charge in [-0.15, -0.1) is 0 Å². The third kappa shape index (κ3) is 2.54. The number of carbonyl (C=O) groups is 1. The van der Waals surface area contributed by atoms with E-state index in [1.165, 1.54) is 19.4 Å². The molecule has 0 bridgehead atoms. The van der Waals surface area contributed by atoms with E-state index in [4.69, 9.17) is 10.5 Å². The maximum Gasteiger partial charge on any atom is 0.262 e. The maximum atomic E-state index is 12.0. The number of carbonyl (C=O) groups excluding carboxylic acids is 1. The minimum atomic E-state index is -0.349. The summed E-state index contributed by atoms with van der Waals surface area (Å²) in [7, 11) is 1.46. The molecule has 0 aliphatic rings. The quantitative estimate of drug-likeness (QED) is 0.849. The molecular formula is C12H12N4O2. The molecular weight excluding hydrogens is 232 g/mol. The van der Waals surface area contributed by atoms with Crippen molar-refractivity contribution in [2.24, 2.45) is 0 Å². The SMILES string of the molecule is COc1cc(N)ncc1C(=O)Nc1ccccn1. The molecule has 6 heteroatoms. The summed E-state index contributed by atoms with van der Waals surface area (Å²) in [6.45, 7) is 0. The van der Waals surface area contributed by atoms with Crippen LogP contribution in [0.1, 0.15) is 10.4 Å². The van der Waals surface area contributed by atoms with E-state index in [2.05, 4.69) is 15.3 Å². The lowest BCUT2D eigenvalue weighted by molar-refractivity contribution is 0.102. The minimum absolute atomic E-state index is 0.293. The third-order valence-corrected chi connectivity index (χ3v) is 2.26. The summed E-state index contributed by atoms with van der Waals surface area (Å²) in [5.41, 5.74) is 5.82. The molecule has 2 heterocycles. The number of nitrogens with zero attached hydrogens (tertiary/aromatic N) is 2. The first-order valence-electron chi connectivity index (χ1n) is 5.22. The van der Waals surface area contributed by atoms with Crippen molar-refractivity contribution in [1.29, 1.82) is 0 Å². The number of nitrogens with two attached hydrogens (primary N) is 1. The average molecular weight is 244 g/mol. The van der Waals surface area contributed by atoms with E-state index < -0.39 is 0 Å². The highest BCUT2D eigenvalue weighted by Crippen LogP contribution is 2.20. The Bertz CT molecular complexity index is 557. The van der Waals surface area contributed by atoms with Gasteiger partial charge in [-0.2, -0.15) is 0 Å². The fourth-order valence-corrected chi connectivity index (χ4v) is 1.41. The van der Waals surface area contributed by atoms with Crippen LogP contribution in [0.2, 0.25) is 0 Å². The Morgan fingerprint density at radius 1 is 1.39 bits per heavy atom. The van der Waals surface area contributed by atoms with E-state index in [-0.39, 0.29) is 5.91 Å². The van der Waals surface area contributed by atoms with E-state index in [1.807, 2.05) is 0 Å². The summed E-state index contributed by atoms with van der Waals surface area (Å²) in [4.78, 5) is 19.9. The normalized spacial score (nSPS) is 9.83. The van der Waals surface area contributed by atoms with Crippen molar-refractivity contribution < 1.29 is 9.53 Å². The molecule has 2 aromatic heterocycles. The van der Waals surface area contributed by atoms with Crippen LogP contribution in [0.5, 0.6) is 5.75 Å². The van der Waals surface area contributed by atoms with E-state index in [0.29, 0.717) is 22.9 Å². The van der Waals surface area contributed by atoms with Gasteiger partial charge in [0.1, 0.15) is 22.9 Å². The van der Waals surface area contributed by atoms with Gasteiger partial charge in [0.25, 0.3) is 5.91 Å². The summed E-state index contributed by atoms with van der Waals surface area (Å²) in [6.07, 6.45) is 2.96. The molecule has 92 valence electrons. The number of amides is 1. The number of anilines is 2. The first-order chi connectivity index (χ1) is 8.70. The van der Waals surface area contributed by atoms with Gasteiger partial charge in [-0.3, -0.25) is 4.79 Å². The topological polar surface area (TPSA) is 90.1 Å². The highest BCUT2D eigenvalue weighted by molar-refractivity contribution is 6.05. The number of nitrogens with one attached hydrogen (secondary N) is 1. The molecule has 18 heavy (non-hydrogen) atoms. The Kier molecular flexibility index (Phi) is 3.38. The molecule has 0 saturated heterocycles. The van der Waals surface area contributed by atoms with Crippen LogP contribution >= 0.6 is 0 Å². The lowest BCUT2D eigenvalue weighted by atomic mass is 10.2. The summed E-state index contributed by atoms with van der Waals surface area (Å²) in [5.74, 6) is 0.775. The van der Waals surface area contributed by atoms with Gasteiger partial charge in [0.05, 0.1) is 7.11 Å². The third-order valence-electron chi connectivity index (χ3n) is 2.26. The van der Waals surface area contributed by atoms with E-state index in [1.54, 1.807) is 24.4 Å². The van der Waals surface area contributed by atoms with Crippen LogP contribution < -0.4 is 15.8 Å². The number of methoxy groups -OCH3 is 1. The van der Waals surface area contributed by atoms with Crippen molar-refractivity contribution in [3.8, 4) is 5.75 Å². The number of hydrogen-bond donors (Lipinski definition) is 2. The number of pyridine rings is 2. The summed E-state index contributed by atoms with van der Waals surface area (Å²) >= 11 is 0. The fourth-order valence-electron chi connectivity index (χ4n) is 1.41. The Labute approximate surface area is 104 Å². The van der Waals surface area contributed by atoms with Crippen LogP contribution in [0.4, 0.5) is 11.6 Å². The van der Waals surface area contributed by atoms with Gasteiger partial charge in [-0.05, 0) is 12.1 Å². The predicted molar refractivity (Wildman–Crippen MR) is 67.4 cm³/mol. The molecule has 0 fully saturated rings. The Hall–Kier alpha value is -2.63. The second kappa shape index (κ2) is 5.13. The van der Waals surface area contributed by atoms with Crippen molar-refractivity contribution in [3.63, 3.8) is 0 Å². The average Bonchev–Trinajstić information content (AvgIpc) is 2.39. The van der Waals surface area contributed by atoms with Gasteiger partial charge in [-0.1, -0.05) is 6.07 Å². The van der Waals surface area contributed by atoms with Gasteiger partial charge in [0, 0.05) is 18.5 Å². The van der Waals surface area contributed by atoms with Gasteiger partial charge >= 0.3 is 0 Å². The minimum Gasteiger partial charge on any atom is -0.496 e. The first-order valence-corrected chi connectivity index (χ1v) is 5.22. The zero-order valence-corrected chi connectivity index (χ0v) is 9.75. The van der Waals surface area contributed by atoms with Crippen LogP contribution in [0, 0.1) is 0 Å². The molecule has 0 aromatic carbocycles. The van der Waals surface area contributed by atoms with E-state index in [0.717, 1.165) is 0 Å². The van der Waals surface area contributed by atoms with E-state index in [9.17, 15) is 4.79 Å². The standard InChI is InChI=1S/C12H12N4O2/c1-18-9-6-10(13)15-7-8(9)12(17)16-11-4-2-3-5-14-11/h2-7H,1H3,(H2,13,15)(H,14,16,17). The molecule has 2 rings (SSSR count). The zero-order chi connectivity index (χ0) is 13.0. The summed E-state index contributed by atoms with van der Waals surface area (Å²) in [6, 6.07) is 6.73. The molecule has 0 saturated carbocycles. The van der Waals surface area contributed by atoms with Gasteiger partial charge in [-0.25, -0.2) is 9.97 Å². The predicted octanol–water partition coefficient (Wildman–Crippen LogP) is 1.32. The molecule has 0 atom stereocenters. The van der Waals surface area contributed by atoms with Crippen LogP contribution in [-0.2, 0) is 0 Å². The lowest BCUT2D eigenvalue weighted by Crippen LogP contribution is -2.14. The summed E-state index contributed by atoms with van der Waals surface area (Å²) in [5, 5.41) is 2.64. The van der Waals surface area contributed by atoms with Crippen LogP contribution in [0.15, 0.2) is 36.7 Å². The maximum absolute atomic E-state index is 12.0. The molecule has 1 amide bonds. The Morgan fingerprint density at radius 3 is 2.89 bits per heavy atom. The van der Waals surface area contributed by atoms with Crippen LogP contribution in [0.3, 0.4) is 0 Å². The molecule has 2 aromatic rings. The molecule has 0 aliphatic carbocycles. The van der Waals surface area contributed by atoms with Crippen molar-refractivity contribution in [1.82, 2.24) is 9.97 Å². The second-order valence-electron chi connectivity index (χ2n) is 3.48. The van der Waals surface area contributed by atoms with Crippen molar-refractivity contribution in [3.05, 3.63) is 42.2 Å². The number of nitrogen functional groups attached to an aromatic ring is 1. The summed E-state index contributed by atoms with van der Waals surface area (Å²) < 4.78 is 5.08. The number of aromatic nitrogens is 2. The molecule has 3 N–H and O–H groups in total. The van der Waals surface area contributed by atoms with Crippen molar-refractivity contribution in [2.45, 2.75) is 0 Å². The molecule has 0 radical (unpaired) electrons.